The molecule has 1 saturated heterocycles. The first-order valence-corrected chi connectivity index (χ1v) is 16.4. The first kappa shape index (κ1) is 41.2. The average Bonchev–Trinajstić information content (AvgIpc) is 3.54. The summed E-state index contributed by atoms with van der Waals surface area (Å²) in [5, 5.41) is 20.2. The number of hydrogen-bond donors (Lipinski definition) is 4. The Bertz CT molecular complexity index is 884. The van der Waals surface area contributed by atoms with E-state index < -0.39 is 0 Å². The lowest BCUT2D eigenvalue weighted by molar-refractivity contribution is -0.131. The predicted octanol–water partition coefficient (Wildman–Crippen LogP) is 8.25. The van der Waals surface area contributed by atoms with Crippen molar-refractivity contribution in [2.75, 3.05) is 13.7 Å². The van der Waals surface area contributed by atoms with Crippen molar-refractivity contribution in [3.63, 3.8) is 0 Å². The van der Waals surface area contributed by atoms with Crippen LogP contribution in [0.4, 0.5) is 0 Å². The van der Waals surface area contributed by atoms with E-state index in [9.17, 15) is 4.79 Å². The van der Waals surface area contributed by atoms with Crippen LogP contribution in [0, 0.1) is 39.9 Å². The molecule has 4 aliphatic carbocycles. The fraction of sp³-hybridized carbons (Fsp3) is 0.784. The number of aliphatic hydroxyl groups is 1. The molecule has 5 rings (SSSR count). The van der Waals surface area contributed by atoms with E-state index >= 15 is 0 Å². The van der Waals surface area contributed by atoms with Crippen molar-refractivity contribution in [2.45, 2.75) is 138 Å². The predicted molar refractivity (Wildman–Crippen MR) is 185 cm³/mol. The highest BCUT2D eigenvalue weighted by Gasteiger charge is 2.58. The Kier molecular flexibility index (Phi) is 18.8. The Morgan fingerprint density at radius 3 is 2.26 bits per heavy atom. The quantitative estimate of drug-likeness (QED) is 0.144. The molecule has 8 unspecified atom stereocenters. The second kappa shape index (κ2) is 19.6. The minimum atomic E-state index is 0. The molecule has 0 spiro atoms. The number of fused-ring (bicyclic) bond motifs is 5. The van der Waals surface area contributed by atoms with Gasteiger partial charge in [-0.15, -0.1) is 13.2 Å². The Balaban J connectivity index is 0.000000734. The molecule has 5 N–H and O–H groups in total. The fourth-order valence-corrected chi connectivity index (χ4v) is 8.87. The van der Waals surface area contributed by atoms with Gasteiger partial charge in [-0.05, 0) is 134 Å². The molecule has 0 bridgehead atoms. The lowest BCUT2D eigenvalue weighted by Gasteiger charge is -2.58. The number of nitrogens with two attached hydrogens (primary N) is 1. The van der Waals surface area contributed by atoms with Gasteiger partial charge in [0.1, 0.15) is 0 Å². The third-order valence-electron chi connectivity index (χ3n) is 10.9. The summed E-state index contributed by atoms with van der Waals surface area (Å²) < 4.78 is 4.36. The number of carbonyl (C=O) groups excluding carboxylic acids is 1. The number of hydrogen-bond acceptors (Lipinski definition) is 6. The van der Waals surface area contributed by atoms with Crippen LogP contribution in [0.25, 0.3) is 0 Å². The number of carbonyl (C=O) groups is 1. The average molecular weight is 604 g/mol. The van der Waals surface area contributed by atoms with Gasteiger partial charge in [0.2, 0.25) is 0 Å². The van der Waals surface area contributed by atoms with Crippen LogP contribution < -0.4 is 11.1 Å². The smallest absolute Gasteiger partial charge is 0.293 e. The van der Waals surface area contributed by atoms with Crippen LogP contribution in [-0.4, -0.2) is 49.1 Å². The Hall–Kier alpha value is -1.76. The molecule has 250 valence electrons. The molecule has 3 saturated carbocycles. The number of nitrogens with one attached hydrogen (secondary N) is 2. The van der Waals surface area contributed by atoms with Gasteiger partial charge in [-0.1, -0.05) is 45.1 Å². The van der Waals surface area contributed by atoms with Crippen LogP contribution >= 0.6 is 0 Å². The minimum absolute atomic E-state index is 0. The zero-order valence-electron chi connectivity index (χ0n) is 28.1. The van der Waals surface area contributed by atoms with E-state index in [-0.39, 0.29) is 13.5 Å². The number of ether oxygens (including phenoxy) is 1. The zero-order chi connectivity index (χ0) is 32.1. The van der Waals surface area contributed by atoms with Gasteiger partial charge in [0.15, 0.2) is 0 Å². The second-order valence-corrected chi connectivity index (χ2v) is 13.7. The highest BCUT2D eigenvalue weighted by molar-refractivity contribution is 5.82. The second-order valence-electron chi connectivity index (χ2n) is 13.7. The van der Waals surface area contributed by atoms with E-state index in [1.165, 1.54) is 76.8 Å². The lowest BCUT2D eigenvalue weighted by atomic mass is 9.46. The summed E-state index contributed by atoms with van der Waals surface area (Å²) in [6.45, 7) is 24.0. The zero-order valence-corrected chi connectivity index (χ0v) is 28.1. The molecule has 0 amide bonds. The van der Waals surface area contributed by atoms with Gasteiger partial charge in [0.25, 0.3) is 6.47 Å². The first-order chi connectivity index (χ1) is 20.0. The number of rotatable bonds is 5. The highest BCUT2D eigenvalue weighted by atomic mass is 16.5. The summed E-state index contributed by atoms with van der Waals surface area (Å²) in [4.78, 5) is 9.39. The molecule has 1 heterocycles. The van der Waals surface area contributed by atoms with E-state index in [2.05, 4.69) is 69.3 Å². The molecule has 0 aromatic rings. The van der Waals surface area contributed by atoms with E-state index in [0.717, 1.165) is 29.9 Å². The molecule has 0 aromatic heterocycles. The molecular formula is C37H69N3O3. The van der Waals surface area contributed by atoms with Gasteiger partial charge in [0, 0.05) is 30.3 Å². The van der Waals surface area contributed by atoms with Crippen LogP contribution in [0.1, 0.15) is 120 Å². The fourth-order valence-electron chi connectivity index (χ4n) is 8.87. The maximum atomic E-state index is 9.39. The Labute approximate surface area is 265 Å². The SMILES string of the molecule is C.C=C.C=C1C=C2CCC3C(CCC4(C)C(C(C)=N)CCC34)C2(C)CC1.CC(C)OC=O.CC1CCC(CCO)N1.CN. The van der Waals surface area contributed by atoms with Gasteiger partial charge < -0.3 is 26.3 Å². The summed E-state index contributed by atoms with van der Waals surface area (Å²) in [5.74, 6) is 3.23. The van der Waals surface area contributed by atoms with E-state index in [0.29, 0.717) is 41.9 Å². The third kappa shape index (κ3) is 10.4. The molecule has 0 radical (unpaired) electrons. The molecule has 1 aliphatic heterocycles. The number of allylic oxidation sites excluding steroid dienone is 3. The summed E-state index contributed by atoms with van der Waals surface area (Å²) in [7, 11) is 1.50. The van der Waals surface area contributed by atoms with Crippen molar-refractivity contribution < 1.29 is 14.6 Å². The maximum absolute atomic E-state index is 9.39. The van der Waals surface area contributed by atoms with Crippen LogP contribution in [0.2, 0.25) is 0 Å². The minimum Gasteiger partial charge on any atom is -0.465 e. The van der Waals surface area contributed by atoms with Gasteiger partial charge in [-0.2, -0.15) is 0 Å². The van der Waals surface area contributed by atoms with Crippen LogP contribution in [-0.2, 0) is 9.53 Å². The molecule has 0 aromatic carbocycles. The van der Waals surface area contributed by atoms with E-state index in [1.807, 2.05) is 0 Å². The first-order valence-electron chi connectivity index (χ1n) is 16.4. The van der Waals surface area contributed by atoms with Crippen molar-refractivity contribution in [1.29, 1.82) is 5.41 Å². The topological polar surface area (TPSA) is 108 Å². The summed E-state index contributed by atoms with van der Waals surface area (Å²) >= 11 is 0. The normalized spacial score (nSPS) is 35.0. The molecule has 5 aliphatic rings. The van der Waals surface area contributed by atoms with Crippen molar-refractivity contribution in [3.8, 4) is 0 Å². The van der Waals surface area contributed by atoms with Crippen LogP contribution in [0.3, 0.4) is 0 Å². The molecule has 43 heavy (non-hydrogen) atoms. The Morgan fingerprint density at radius 1 is 1.12 bits per heavy atom. The summed E-state index contributed by atoms with van der Waals surface area (Å²) in [6.07, 6.45) is 16.5. The van der Waals surface area contributed by atoms with Crippen molar-refractivity contribution in [2.24, 2.45) is 40.2 Å². The van der Waals surface area contributed by atoms with Crippen molar-refractivity contribution in [3.05, 3.63) is 37.0 Å². The van der Waals surface area contributed by atoms with Gasteiger partial charge >= 0.3 is 0 Å². The summed E-state index contributed by atoms with van der Waals surface area (Å²) in [6, 6.07) is 1.26. The number of aliphatic hydroxyl groups excluding tert-OH is 1. The van der Waals surface area contributed by atoms with Crippen LogP contribution in [0.15, 0.2) is 37.0 Å². The third-order valence-corrected chi connectivity index (χ3v) is 10.9. The standard InChI is InChI=1S/C22H33N.C7H15NO.C4H8O2.C2H4.CH5N.CH4/c1-14-9-11-21(3)16(13-14)5-6-17-19-8-7-18(15(2)23)22(19,4)12-10-20(17)21;1-6-2-3-7(8-6)4-5-9;1-4(2)6-3-5;2*1-2;/h13,17-20,23H,1,5-12H2,2-4H3;6-9H,2-5H2,1H3;3-4H,1-2H3;1-2H2;2H2,1H3;1H4. The highest BCUT2D eigenvalue weighted by Crippen LogP contribution is 2.66. The largest absolute Gasteiger partial charge is 0.465 e. The lowest BCUT2D eigenvalue weighted by Crippen LogP contribution is -2.50. The molecule has 4 fully saturated rings. The maximum Gasteiger partial charge on any atom is 0.293 e. The van der Waals surface area contributed by atoms with Crippen molar-refractivity contribution >= 4 is 12.2 Å². The van der Waals surface area contributed by atoms with Gasteiger partial charge in [-0.25, -0.2) is 0 Å². The monoisotopic (exact) mass is 604 g/mol. The molecule has 6 heteroatoms. The van der Waals surface area contributed by atoms with Gasteiger partial charge in [-0.3, -0.25) is 4.79 Å². The van der Waals surface area contributed by atoms with Gasteiger partial charge in [0.05, 0.1) is 6.10 Å². The molecule has 6 nitrogen and oxygen atoms in total. The van der Waals surface area contributed by atoms with E-state index in [1.54, 1.807) is 19.4 Å². The van der Waals surface area contributed by atoms with E-state index in [4.69, 9.17) is 10.5 Å². The molecule has 8 atom stereocenters. The summed E-state index contributed by atoms with van der Waals surface area (Å²) in [5.41, 5.74) is 9.39. The molecular weight excluding hydrogens is 534 g/mol. The van der Waals surface area contributed by atoms with Crippen molar-refractivity contribution in [1.82, 2.24) is 5.32 Å². The Morgan fingerprint density at radius 2 is 1.77 bits per heavy atom. The van der Waals surface area contributed by atoms with Crippen LogP contribution in [0.5, 0.6) is 0 Å².